The van der Waals surface area contributed by atoms with Crippen LogP contribution >= 0.6 is 0 Å². The monoisotopic (exact) mass is 326 g/mol. The number of carboxylic acids is 1. The van der Waals surface area contributed by atoms with Crippen molar-refractivity contribution in [1.82, 2.24) is 9.88 Å². The number of nitrogens with zero attached hydrogens (tertiary/aromatic N) is 2. The smallest absolute Gasteiger partial charge is 0.320 e. The van der Waals surface area contributed by atoms with E-state index in [9.17, 15) is 9.90 Å². The van der Waals surface area contributed by atoms with Gasteiger partial charge in [-0.25, -0.2) is 0 Å². The van der Waals surface area contributed by atoms with E-state index in [1.807, 2.05) is 43.3 Å². The molecule has 0 amide bonds. The van der Waals surface area contributed by atoms with Gasteiger partial charge in [-0.05, 0) is 49.1 Å². The zero-order valence-corrected chi connectivity index (χ0v) is 14.0. The fourth-order valence-electron chi connectivity index (χ4n) is 3.44. The van der Waals surface area contributed by atoms with Gasteiger partial charge < -0.3 is 9.84 Å². The van der Waals surface area contributed by atoms with E-state index in [1.54, 1.807) is 13.3 Å². The summed E-state index contributed by atoms with van der Waals surface area (Å²) in [5, 5.41) is 9.60. The van der Waals surface area contributed by atoms with Crippen molar-refractivity contribution in [3.05, 3.63) is 59.4 Å². The average Bonchev–Trinajstić information content (AvgIpc) is 3.07. The molecule has 0 bridgehead atoms. The third kappa shape index (κ3) is 3.12. The number of benzene rings is 1. The fraction of sp³-hybridized carbons (Fsp3) is 0.368. The first-order valence-electron chi connectivity index (χ1n) is 8.16. The van der Waals surface area contributed by atoms with Gasteiger partial charge in [0.05, 0.1) is 18.8 Å². The van der Waals surface area contributed by atoms with Crippen LogP contribution in [0.25, 0.3) is 0 Å². The van der Waals surface area contributed by atoms with Crippen LogP contribution in [0.15, 0.2) is 42.6 Å². The lowest BCUT2D eigenvalue weighted by Gasteiger charge is -2.32. The number of pyridine rings is 1. The number of aromatic nitrogens is 1. The minimum absolute atomic E-state index is 0.166. The molecule has 1 fully saturated rings. The predicted molar refractivity (Wildman–Crippen MR) is 91.2 cm³/mol. The molecule has 1 saturated heterocycles. The Bertz CT molecular complexity index is 715. The lowest BCUT2D eigenvalue weighted by Crippen LogP contribution is -2.39. The van der Waals surface area contributed by atoms with E-state index in [0.717, 1.165) is 35.5 Å². The normalized spacial score (nSPS) is 19.2. The van der Waals surface area contributed by atoms with Crippen molar-refractivity contribution in [1.29, 1.82) is 0 Å². The number of aryl methyl sites for hydroxylation is 1. The molecule has 5 nitrogen and oxygen atoms in total. The maximum atomic E-state index is 11.7. The Morgan fingerprint density at radius 3 is 2.71 bits per heavy atom. The summed E-state index contributed by atoms with van der Waals surface area (Å²) in [5.41, 5.74) is 3.01. The lowest BCUT2D eigenvalue weighted by atomic mass is 9.97. The van der Waals surface area contributed by atoms with Crippen LogP contribution in [0.3, 0.4) is 0 Å². The molecular weight excluding hydrogens is 304 g/mol. The maximum Gasteiger partial charge on any atom is 0.320 e. The molecular formula is C19H22N2O3. The molecule has 1 aliphatic rings. The number of carboxylic acid groups (broad SMARTS) is 1. The highest BCUT2D eigenvalue weighted by molar-refractivity contribution is 5.74. The topological polar surface area (TPSA) is 62.7 Å². The van der Waals surface area contributed by atoms with E-state index >= 15 is 0 Å². The largest absolute Gasteiger partial charge is 0.497 e. The number of aliphatic carboxylic acids is 1. The SMILES string of the molecule is COc1ccc(C(c2ncccc2C)N2CCCC2C(=O)O)cc1. The Balaban J connectivity index is 2.06. The summed E-state index contributed by atoms with van der Waals surface area (Å²) >= 11 is 0. The lowest BCUT2D eigenvalue weighted by molar-refractivity contribution is -0.142. The highest BCUT2D eigenvalue weighted by Gasteiger charge is 2.37. The van der Waals surface area contributed by atoms with Gasteiger partial charge in [0.15, 0.2) is 0 Å². The predicted octanol–water partition coefficient (Wildman–Crippen LogP) is 3.04. The van der Waals surface area contributed by atoms with Crippen LogP contribution in [-0.2, 0) is 4.79 Å². The Morgan fingerprint density at radius 1 is 1.33 bits per heavy atom. The zero-order valence-electron chi connectivity index (χ0n) is 14.0. The summed E-state index contributed by atoms with van der Waals surface area (Å²) in [5.74, 6) is 0.0195. The minimum atomic E-state index is -0.764. The molecule has 2 aromatic rings. The van der Waals surface area contributed by atoms with Gasteiger partial charge in [-0.3, -0.25) is 14.7 Å². The van der Waals surface area contributed by atoms with Gasteiger partial charge in [-0.15, -0.1) is 0 Å². The molecule has 1 aromatic carbocycles. The molecule has 1 aromatic heterocycles. The summed E-state index contributed by atoms with van der Waals surface area (Å²) in [7, 11) is 1.64. The Kier molecular flexibility index (Phi) is 4.81. The van der Waals surface area contributed by atoms with Crippen molar-refractivity contribution in [2.24, 2.45) is 0 Å². The van der Waals surface area contributed by atoms with E-state index in [4.69, 9.17) is 4.74 Å². The van der Waals surface area contributed by atoms with Crippen LogP contribution in [0, 0.1) is 6.92 Å². The van der Waals surface area contributed by atoms with Crippen LogP contribution in [-0.4, -0.2) is 40.7 Å². The second-order valence-electron chi connectivity index (χ2n) is 6.12. The number of hydrogen-bond donors (Lipinski definition) is 1. The van der Waals surface area contributed by atoms with Crippen LogP contribution < -0.4 is 4.74 Å². The van der Waals surface area contributed by atoms with Crippen LogP contribution in [0.5, 0.6) is 5.75 Å². The summed E-state index contributed by atoms with van der Waals surface area (Å²) in [6.07, 6.45) is 3.33. The van der Waals surface area contributed by atoms with Crippen LogP contribution in [0.2, 0.25) is 0 Å². The van der Waals surface area contributed by atoms with Gasteiger partial charge >= 0.3 is 5.97 Å². The average molecular weight is 326 g/mol. The van der Waals surface area contributed by atoms with Crippen LogP contribution in [0.1, 0.15) is 35.7 Å². The van der Waals surface area contributed by atoms with Gasteiger partial charge in [0.2, 0.25) is 0 Å². The molecule has 126 valence electrons. The second kappa shape index (κ2) is 7.01. The molecule has 1 aliphatic heterocycles. The molecule has 2 heterocycles. The second-order valence-corrected chi connectivity index (χ2v) is 6.12. The highest BCUT2D eigenvalue weighted by Crippen LogP contribution is 2.35. The van der Waals surface area contributed by atoms with Gasteiger partial charge in [-0.2, -0.15) is 0 Å². The fourth-order valence-corrected chi connectivity index (χ4v) is 3.44. The number of carbonyl (C=O) groups is 1. The first kappa shape index (κ1) is 16.5. The van der Waals surface area contributed by atoms with Gasteiger partial charge in [-0.1, -0.05) is 18.2 Å². The first-order chi connectivity index (χ1) is 11.6. The Labute approximate surface area is 141 Å². The van der Waals surface area contributed by atoms with E-state index in [2.05, 4.69) is 9.88 Å². The van der Waals surface area contributed by atoms with Gasteiger partial charge in [0.25, 0.3) is 0 Å². The highest BCUT2D eigenvalue weighted by atomic mass is 16.5. The molecule has 2 atom stereocenters. The molecule has 3 rings (SSSR count). The Morgan fingerprint density at radius 2 is 2.08 bits per heavy atom. The zero-order chi connectivity index (χ0) is 17.1. The van der Waals surface area contributed by atoms with Crippen molar-refractivity contribution in [2.75, 3.05) is 13.7 Å². The van der Waals surface area contributed by atoms with Crippen molar-refractivity contribution >= 4 is 5.97 Å². The molecule has 0 aliphatic carbocycles. The molecule has 24 heavy (non-hydrogen) atoms. The third-order valence-corrected chi connectivity index (χ3v) is 4.65. The molecule has 1 N–H and O–H groups in total. The van der Waals surface area contributed by atoms with Crippen molar-refractivity contribution < 1.29 is 14.6 Å². The number of rotatable bonds is 5. The Hall–Kier alpha value is -2.40. The van der Waals surface area contributed by atoms with Gasteiger partial charge in [0, 0.05) is 12.7 Å². The number of likely N-dealkylation sites (tertiary alicyclic amines) is 1. The number of hydrogen-bond acceptors (Lipinski definition) is 4. The maximum absolute atomic E-state index is 11.7. The third-order valence-electron chi connectivity index (χ3n) is 4.65. The van der Waals surface area contributed by atoms with E-state index in [-0.39, 0.29) is 6.04 Å². The molecule has 0 saturated carbocycles. The van der Waals surface area contributed by atoms with E-state index in [1.165, 1.54) is 0 Å². The summed E-state index contributed by atoms with van der Waals surface area (Å²) in [6.45, 7) is 2.77. The quantitative estimate of drug-likeness (QED) is 0.915. The first-order valence-corrected chi connectivity index (χ1v) is 8.16. The molecule has 0 spiro atoms. The van der Waals surface area contributed by atoms with Gasteiger partial charge in [0.1, 0.15) is 11.8 Å². The summed E-state index contributed by atoms with van der Waals surface area (Å²) in [4.78, 5) is 18.3. The summed E-state index contributed by atoms with van der Waals surface area (Å²) < 4.78 is 5.24. The van der Waals surface area contributed by atoms with Crippen molar-refractivity contribution in [3.8, 4) is 5.75 Å². The molecule has 5 heteroatoms. The van der Waals surface area contributed by atoms with Crippen molar-refractivity contribution in [3.63, 3.8) is 0 Å². The van der Waals surface area contributed by atoms with E-state index in [0.29, 0.717) is 6.42 Å². The van der Waals surface area contributed by atoms with E-state index < -0.39 is 12.0 Å². The standard InChI is InChI=1S/C19H22N2O3/c1-13-5-3-11-20-17(13)18(14-7-9-15(24-2)10-8-14)21-12-4-6-16(21)19(22)23/h3,5,7-11,16,18H,4,6,12H2,1-2H3,(H,22,23). The minimum Gasteiger partial charge on any atom is -0.497 e. The number of methoxy groups -OCH3 is 1. The molecule has 0 radical (unpaired) electrons. The van der Waals surface area contributed by atoms with Crippen molar-refractivity contribution in [2.45, 2.75) is 31.8 Å². The van der Waals surface area contributed by atoms with Crippen LogP contribution in [0.4, 0.5) is 0 Å². The number of ether oxygens (including phenoxy) is 1. The summed E-state index contributed by atoms with van der Waals surface area (Å²) in [6, 6.07) is 11.1. The molecule has 2 unspecified atom stereocenters.